The highest BCUT2D eigenvalue weighted by atomic mass is 35.5. The molecule has 2 rings (SSSR count). The molecule has 0 radical (unpaired) electrons. The fraction of sp³-hybridized carbons (Fsp3) is 0.417. The Bertz CT molecular complexity index is 402. The maximum atomic E-state index is 11.6. The van der Waals surface area contributed by atoms with Crippen LogP contribution in [0.3, 0.4) is 0 Å². The lowest BCUT2D eigenvalue weighted by Crippen LogP contribution is -2.20. The monoisotopic (exact) mass is 238 g/mol. The van der Waals surface area contributed by atoms with Gasteiger partial charge in [0.1, 0.15) is 0 Å². The van der Waals surface area contributed by atoms with Crippen LogP contribution in [0.1, 0.15) is 25.7 Å². The van der Waals surface area contributed by atoms with Crippen molar-refractivity contribution in [3.05, 3.63) is 23.2 Å². The van der Waals surface area contributed by atoms with Crippen LogP contribution in [0.5, 0.6) is 0 Å². The van der Waals surface area contributed by atoms with Crippen molar-refractivity contribution in [3.63, 3.8) is 0 Å². The molecule has 0 unspecified atom stereocenters. The number of carbonyl (C=O) groups excluding carboxylic acids is 1. The average molecular weight is 239 g/mol. The van der Waals surface area contributed by atoms with Gasteiger partial charge in [-0.2, -0.15) is 0 Å². The van der Waals surface area contributed by atoms with Crippen molar-refractivity contribution >= 4 is 28.9 Å². The van der Waals surface area contributed by atoms with Crippen molar-refractivity contribution in [2.75, 3.05) is 11.1 Å². The van der Waals surface area contributed by atoms with Crippen molar-refractivity contribution in [2.45, 2.75) is 25.7 Å². The SMILES string of the molecule is Nc1cc(NC(=O)CC2CCC2)ccc1Cl. The zero-order valence-corrected chi connectivity index (χ0v) is 9.76. The van der Waals surface area contributed by atoms with E-state index in [1.54, 1.807) is 18.2 Å². The highest BCUT2D eigenvalue weighted by Gasteiger charge is 2.20. The molecule has 1 aliphatic carbocycles. The first-order chi connectivity index (χ1) is 7.65. The van der Waals surface area contributed by atoms with Gasteiger partial charge in [-0.25, -0.2) is 0 Å². The first kappa shape index (κ1) is 11.3. The Morgan fingerprint density at radius 2 is 2.25 bits per heavy atom. The van der Waals surface area contributed by atoms with Gasteiger partial charge < -0.3 is 11.1 Å². The van der Waals surface area contributed by atoms with E-state index in [2.05, 4.69) is 5.32 Å². The summed E-state index contributed by atoms with van der Waals surface area (Å²) in [5.41, 5.74) is 6.85. The van der Waals surface area contributed by atoms with Crippen LogP contribution in [0.25, 0.3) is 0 Å². The summed E-state index contributed by atoms with van der Waals surface area (Å²) in [5, 5.41) is 3.34. The molecule has 3 N–H and O–H groups in total. The number of nitrogens with two attached hydrogens (primary N) is 1. The molecule has 0 saturated heterocycles. The fourth-order valence-electron chi connectivity index (χ4n) is 1.79. The number of nitrogens with one attached hydrogen (secondary N) is 1. The maximum Gasteiger partial charge on any atom is 0.224 e. The van der Waals surface area contributed by atoms with E-state index in [1.807, 2.05) is 0 Å². The average Bonchev–Trinajstić information content (AvgIpc) is 2.18. The molecule has 86 valence electrons. The van der Waals surface area contributed by atoms with Crippen LogP contribution in [-0.2, 0) is 4.79 Å². The molecule has 16 heavy (non-hydrogen) atoms. The fourth-order valence-corrected chi connectivity index (χ4v) is 1.91. The lowest BCUT2D eigenvalue weighted by atomic mass is 9.83. The van der Waals surface area contributed by atoms with Gasteiger partial charge in [-0.1, -0.05) is 18.0 Å². The van der Waals surface area contributed by atoms with E-state index < -0.39 is 0 Å². The molecule has 1 saturated carbocycles. The molecule has 3 nitrogen and oxygen atoms in total. The Balaban J connectivity index is 1.92. The molecular weight excluding hydrogens is 224 g/mol. The summed E-state index contributed by atoms with van der Waals surface area (Å²) in [6, 6.07) is 5.13. The summed E-state index contributed by atoms with van der Waals surface area (Å²) < 4.78 is 0. The number of hydrogen-bond acceptors (Lipinski definition) is 2. The number of hydrogen-bond donors (Lipinski definition) is 2. The van der Waals surface area contributed by atoms with Crippen LogP contribution >= 0.6 is 11.6 Å². The van der Waals surface area contributed by atoms with E-state index in [-0.39, 0.29) is 5.91 Å². The highest BCUT2D eigenvalue weighted by molar-refractivity contribution is 6.33. The summed E-state index contributed by atoms with van der Waals surface area (Å²) >= 11 is 5.80. The quantitative estimate of drug-likeness (QED) is 0.796. The molecular formula is C12H15ClN2O. The number of benzene rings is 1. The summed E-state index contributed by atoms with van der Waals surface area (Å²) in [5.74, 6) is 0.635. The predicted octanol–water partition coefficient (Wildman–Crippen LogP) is 3.05. The van der Waals surface area contributed by atoms with Crippen LogP contribution in [0, 0.1) is 5.92 Å². The Hall–Kier alpha value is -1.22. The van der Waals surface area contributed by atoms with E-state index in [4.69, 9.17) is 17.3 Å². The number of rotatable bonds is 3. The minimum Gasteiger partial charge on any atom is -0.397 e. The molecule has 1 aromatic rings. The third-order valence-electron chi connectivity index (χ3n) is 2.98. The predicted molar refractivity (Wildman–Crippen MR) is 66.5 cm³/mol. The summed E-state index contributed by atoms with van der Waals surface area (Å²) in [7, 11) is 0. The van der Waals surface area contributed by atoms with Gasteiger partial charge in [0, 0.05) is 12.1 Å². The minimum atomic E-state index is 0.0615. The standard InChI is InChI=1S/C12H15ClN2O/c13-10-5-4-9(7-11(10)14)15-12(16)6-8-2-1-3-8/h4-5,7-8H,1-3,6,14H2,(H,15,16). The van der Waals surface area contributed by atoms with E-state index in [9.17, 15) is 4.79 Å². The molecule has 1 amide bonds. The number of amides is 1. The van der Waals surface area contributed by atoms with Gasteiger partial charge in [0.05, 0.1) is 10.7 Å². The van der Waals surface area contributed by atoms with Crippen molar-refractivity contribution in [2.24, 2.45) is 5.92 Å². The lowest BCUT2D eigenvalue weighted by molar-refractivity contribution is -0.117. The van der Waals surface area contributed by atoms with Gasteiger partial charge in [-0.3, -0.25) is 4.79 Å². The molecule has 0 heterocycles. The van der Waals surface area contributed by atoms with Gasteiger partial charge >= 0.3 is 0 Å². The van der Waals surface area contributed by atoms with Crippen LogP contribution in [0.4, 0.5) is 11.4 Å². The van der Waals surface area contributed by atoms with Crippen LogP contribution in [0.15, 0.2) is 18.2 Å². The third-order valence-corrected chi connectivity index (χ3v) is 3.32. The second-order valence-electron chi connectivity index (χ2n) is 4.29. The second kappa shape index (κ2) is 4.74. The summed E-state index contributed by atoms with van der Waals surface area (Å²) in [6.45, 7) is 0. The van der Waals surface area contributed by atoms with Gasteiger partial charge in [-0.15, -0.1) is 0 Å². The Morgan fingerprint density at radius 3 is 2.81 bits per heavy atom. The third kappa shape index (κ3) is 2.67. The molecule has 0 atom stereocenters. The highest BCUT2D eigenvalue weighted by Crippen LogP contribution is 2.30. The van der Waals surface area contributed by atoms with E-state index in [0.29, 0.717) is 28.7 Å². The molecule has 4 heteroatoms. The summed E-state index contributed by atoms with van der Waals surface area (Å²) in [6.07, 6.45) is 4.22. The van der Waals surface area contributed by atoms with Crippen LogP contribution in [0.2, 0.25) is 5.02 Å². The number of halogens is 1. The zero-order valence-electron chi connectivity index (χ0n) is 9.00. The first-order valence-electron chi connectivity index (χ1n) is 5.50. The maximum absolute atomic E-state index is 11.6. The number of nitrogen functional groups attached to an aromatic ring is 1. The first-order valence-corrected chi connectivity index (χ1v) is 5.88. The van der Waals surface area contributed by atoms with E-state index in [0.717, 1.165) is 0 Å². The number of carbonyl (C=O) groups is 1. The van der Waals surface area contributed by atoms with Crippen LogP contribution in [-0.4, -0.2) is 5.91 Å². The normalized spacial score (nSPS) is 15.6. The molecule has 0 bridgehead atoms. The Kier molecular flexibility index (Phi) is 3.34. The van der Waals surface area contributed by atoms with Crippen molar-refractivity contribution in [1.29, 1.82) is 0 Å². The van der Waals surface area contributed by atoms with E-state index >= 15 is 0 Å². The molecule has 1 aliphatic rings. The second-order valence-corrected chi connectivity index (χ2v) is 4.69. The Morgan fingerprint density at radius 1 is 1.50 bits per heavy atom. The minimum absolute atomic E-state index is 0.0615. The Labute approximate surface area is 100.0 Å². The largest absolute Gasteiger partial charge is 0.397 e. The molecule has 1 fully saturated rings. The van der Waals surface area contributed by atoms with Crippen molar-refractivity contribution in [1.82, 2.24) is 0 Å². The van der Waals surface area contributed by atoms with E-state index in [1.165, 1.54) is 19.3 Å². The number of anilines is 2. The van der Waals surface area contributed by atoms with Gasteiger partial charge in [-0.05, 0) is 37.0 Å². The lowest BCUT2D eigenvalue weighted by Gasteiger charge is -2.24. The molecule has 0 spiro atoms. The van der Waals surface area contributed by atoms with Gasteiger partial charge in [0.15, 0.2) is 0 Å². The summed E-state index contributed by atoms with van der Waals surface area (Å²) in [4.78, 5) is 11.6. The smallest absolute Gasteiger partial charge is 0.224 e. The topological polar surface area (TPSA) is 55.1 Å². The van der Waals surface area contributed by atoms with Gasteiger partial charge in [0.2, 0.25) is 5.91 Å². The van der Waals surface area contributed by atoms with Crippen LogP contribution < -0.4 is 11.1 Å². The van der Waals surface area contributed by atoms with Crippen molar-refractivity contribution < 1.29 is 4.79 Å². The molecule has 0 aromatic heterocycles. The zero-order chi connectivity index (χ0) is 11.5. The molecule has 0 aliphatic heterocycles. The van der Waals surface area contributed by atoms with Crippen molar-refractivity contribution in [3.8, 4) is 0 Å². The molecule has 1 aromatic carbocycles. The van der Waals surface area contributed by atoms with Gasteiger partial charge in [0.25, 0.3) is 0 Å².